The smallest absolute Gasteiger partial charge is 0.252 e. The molecule has 0 aliphatic carbocycles. The fourth-order valence-electron chi connectivity index (χ4n) is 2.72. The van der Waals surface area contributed by atoms with Crippen molar-refractivity contribution < 1.29 is 13.2 Å². The van der Waals surface area contributed by atoms with Crippen LogP contribution in [0, 0.1) is 0 Å². The van der Waals surface area contributed by atoms with E-state index in [-0.39, 0.29) is 17.2 Å². The molecular formula is C19H23N5O3S. The first-order valence-electron chi connectivity index (χ1n) is 9.10. The van der Waals surface area contributed by atoms with Crippen molar-refractivity contribution >= 4 is 21.5 Å². The average molecular weight is 401 g/mol. The van der Waals surface area contributed by atoms with E-state index in [1.165, 1.54) is 6.33 Å². The first kappa shape index (κ1) is 19.9. The number of sulfone groups is 1. The fourth-order valence-corrected chi connectivity index (χ4v) is 3.78. The van der Waals surface area contributed by atoms with Crippen molar-refractivity contribution in [1.82, 2.24) is 24.9 Å². The predicted molar refractivity (Wildman–Crippen MR) is 105 cm³/mol. The zero-order valence-corrected chi connectivity index (χ0v) is 16.7. The van der Waals surface area contributed by atoms with Gasteiger partial charge in [-0.3, -0.25) is 4.79 Å². The van der Waals surface area contributed by atoms with Gasteiger partial charge in [0.05, 0.1) is 16.6 Å². The van der Waals surface area contributed by atoms with Crippen molar-refractivity contribution in [2.24, 2.45) is 0 Å². The summed E-state index contributed by atoms with van der Waals surface area (Å²) in [6.45, 7) is 3.85. The number of aromatic nitrogens is 4. The molecular weight excluding hydrogens is 378 g/mol. The molecule has 0 unspecified atom stereocenters. The van der Waals surface area contributed by atoms with Crippen molar-refractivity contribution in [1.29, 1.82) is 0 Å². The second-order valence-corrected chi connectivity index (χ2v) is 9.34. The molecule has 0 radical (unpaired) electrons. The second-order valence-electron chi connectivity index (χ2n) is 6.83. The van der Waals surface area contributed by atoms with Crippen LogP contribution in [0.3, 0.4) is 0 Å². The standard InChI is InChI=1S/C19H23N5O3S/c1-14(2)28(26,27)17-7-5-15(6-8-17)10-18(25)20-9-3-4-16-11-21-19-22-13-23-24(19)12-16/h5-8,11-14H,3-4,9-10H2,1-2H3,(H,20,25). The van der Waals surface area contributed by atoms with Crippen molar-refractivity contribution in [3.05, 3.63) is 54.1 Å². The van der Waals surface area contributed by atoms with E-state index in [9.17, 15) is 13.2 Å². The Balaban J connectivity index is 1.45. The van der Waals surface area contributed by atoms with Gasteiger partial charge in [-0.05, 0) is 49.9 Å². The molecule has 9 heteroatoms. The summed E-state index contributed by atoms with van der Waals surface area (Å²) in [4.78, 5) is 20.6. The minimum absolute atomic E-state index is 0.0932. The molecule has 3 rings (SSSR count). The van der Waals surface area contributed by atoms with E-state index in [1.54, 1.807) is 48.8 Å². The zero-order chi connectivity index (χ0) is 20.1. The number of carbonyl (C=O) groups excluding carboxylic acids is 1. The first-order valence-corrected chi connectivity index (χ1v) is 10.6. The Kier molecular flexibility index (Phi) is 6.03. The summed E-state index contributed by atoms with van der Waals surface area (Å²) in [5.74, 6) is 0.466. The number of nitrogens with one attached hydrogen (secondary N) is 1. The maximum Gasteiger partial charge on any atom is 0.252 e. The Bertz CT molecular complexity index is 1060. The summed E-state index contributed by atoms with van der Waals surface area (Å²) >= 11 is 0. The predicted octanol–water partition coefficient (Wildman–Crippen LogP) is 1.60. The maximum absolute atomic E-state index is 12.1. The van der Waals surface area contributed by atoms with Crippen LogP contribution in [0.4, 0.5) is 0 Å². The summed E-state index contributed by atoms with van der Waals surface area (Å²) in [5.41, 5.74) is 1.80. The summed E-state index contributed by atoms with van der Waals surface area (Å²) in [5, 5.41) is 6.46. The maximum atomic E-state index is 12.1. The number of benzene rings is 1. The second kappa shape index (κ2) is 8.47. The lowest BCUT2D eigenvalue weighted by atomic mass is 10.1. The van der Waals surface area contributed by atoms with E-state index < -0.39 is 15.1 Å². The molecule has 28 heavy (non-hydrogen) atoms. The Labute approximate surface area is 163 Å². The molecule has 148 valence electrons. The molecule has 0 aliphatic rings. The molecule has 0 saturated heterocycles. The SMILES string of the molecule is CC(C)S(=O)(=O)c1ccc(CC(=O)NCCCc2cnc3ncnn3c2)cc1. The van der Waals surface area contributed by atoms with Crippen molar-refractivity contribution in [3.8, 4) is 0 Å². The van der Waals surface area contributed by atoms with Gasteiger partial charge < -0.3 is 5.32 Å². The largest absolute Gasteiger partial charge is 0.356 e. The fraction of sp³-hybridized carbons (Fsp3) is 0.368. The molecule has 1 aromatic carbocycles. The summed E-state index contributed by atoms with van der Waals surface area (Å²) < 4.78 is 25.9. The van der Waals surface area contributed by atoms with E-state index >= 15 is 0 Å². The lowest BCUT2D eigenvalue weighted by Gasteiger charge is -2.09. The third-order valence-corrected chi connectivity index (χ3v) is 6.56. The van der Waals surface area contributed by atoms with Gasteiger partial charge in [-0.15, -0.1) is 0 Å². The highest BCUT2D eigenvalue weighted by Crippen LogP contribution is 2.16. The topological polar surface area (TPSA) is 106 Å². The van der Waals surface area contributed by atoms with Crippen LogP contribution in [-0.4, -0.2) is 45.7 Å². The van der Waals surface area contributed by atoms with Crippen LogP contribution in [0.2, 0.25) is 0 Å². The van der Waals surface area contributed by atoms with Gasteiger partial charge in [0, 0.05) is 18.9 Å². The van der Waals surface area contributed by atoms with Gasteiger partial charge in [0.1, 0.15) is 6.33 Å². The van der Waals surface area contributed by atoms with Gasteiger partial charge in [-0.1, -0.05) is 12.1 Å². The third-order valence-electron chi connectivity index (χ3n) is 4.39. The Morgan fingerprint density at radius 2 is 1.89 bits per heavy atom. The highest BCUT2D eigenvalue weighted by molar-refractivity contribution is 7.92. The summed E-state index contributed by atoms with van der Waals surface area (Å²) in [7, 11) is -3.29. The minimum atomic E-state index is -3.29. The highest BCUT2D eigenvalue weighted by Gasteiger charge is 2.18. The molecule has 8 nitrogen and oxygen atoms in total. The Hall–Kier alpha value is -2.81. The van der Waals surface area contributed by atoms with E-state index in [1.807, 2.05) is 6.20 Å². The first-order chi connectivity index (χ1) is 13.4. The number of fused-ring (bicyclic) bond motifs is 1. The number of hydrogen-bond donors (Lipinski definition) is 1. The lowest BCUT2D eigenvalue weighted by molar-refractivity contribution is -0.120. The van der Waals surface area contributed by atoms with Crippen molar-refractivity contribution in [3.63, 3.8) is 0 Å². The molecule has 2 heterocycles. The van der Waals surface area contributed by atoms with Crippen molar-refractivity contribution in [2.75, 3.05) is 6.54 Å². The molecule has 0 spiro atoms. The van der Waals surface area contributed by atoms with Gasteiger partial charge in [0.15, 0.2) is 9.84 Å². The molecule has 3 aromatic rings. The van der Waals surface area contributed by atoms with Gasteiger partial charge in [0.2, 0.25) is 5.91 Å². The molecule has 0 atom stereocenters. The molecule has 0 fully saturated rings. The van der Waals surface area contributed by atoms with E-state index in [0.717, 1.165) is 24.0 Å². The monoisotopic (exact) mass is 401 g/mol. The van der Waals surface area contributed by atoms with Crippen LogP contribution >= 0.6 is 0 Å². The third kappa shape index (κ3) is 4.72. The average Bonchev–Trinajstić information content (AvgIpc) is 3.13. The molecule has 0 bridgehead atoms. The Morgan fingerprint density at radius 3 is 2.61 bits per heavy atom. The number of carbonyl (C=O) groups is 1. The van der Waals surface area contributed by atoms with Crippen LogP contribution in [0.1, 0.15) is 31.4 Å². The minimum Gasteiger partial charge on any atom is -0.356 e. The van der Waals surface area contributed by atoms with E-state index in [0.29, 0.717) is 12.3 Å². The van der Waals surface area contributed by atoms with Crippen LogP contribution in [-0.2, 0) is 27.5 Å². The molecule has 1 N–H and O–H groups in total. The van der Waals surface area contributed by atoms with Gasteiger partial charge in [-0.25, -0.2) is 17.9 Å². The van der Waals surface area contributed by atoms with E-state index in [4.69, 9.17) is 0 Å². The van der Waals surface area contributed by atoms with Gasteiger partial charge >= 0.3 is 0 Å². The van der Waals surface area contributed by atoms with Crippen LogP contribution in [0.5, 0.6) is 0 Å². The van der Waals surface area contributed by atoms with Gasteiger partial charge in [0.25, 0.3) is 5.78 Å². The summed E-state index contributed by atoms with van der Waals surface area (Å²) in [6.07, 6.45) is 6.86. The summed E-state index contributed by atoms with van der Waals surface area (Å²) in [6, 6.07) is 6.50. The van der Waals surface area contributed by atoms with Crippen LogP contribution in [0.25, 0.3) is 5.78 Å². The number of amides is 1. The number of aryl methyl sites for hydroxylation is 1. The number of rotatable bonds is 8. The lowest BCUT2D eigenvalue weighted by Crippen LogP contribution is -2.26. The van der Waals surface area contributed by atoms with Gasteiger partial charge in [-0.2, -0.15) is 10.1 Å². The van der Waals surface area contributed by atoms with Crippen molar-refractivity contribution in [2.45, 2.75) is 43.3 Å². The quantitative estimate of drug-likeness (QED) is 0.575. The number of hydrogen-bond acceptors (Lipinski definition) is 6. The molecule has 0 aliphatic heterocycles. The Morgan fingerprint density at radius 1 is 1.14 bits per heavy atom. The van der Waals surface area contributed by atoms with E-state index in [2.05, 4.69) is 20.4 Å². The number of nitrogens with zero attached hydrogens (tertiary/aromatic N) is 4. The highest BCUT2D eigenvalue weighted by atomic mass is 32.2. The molecule has 0 saturated carbocycles. The zero-order valence-electron chi connectivity index (χ0n) is 15.9. The molecule has 2 aromatic heterocycles. The van der Waals surface area contributed by atoms with Crippen LogP contribution in [0.15, 0.2) is 47.9 Å². The normalized spacial score (nSPS) is 11.8. The van der Waals surface area contributed by atoms with Crippen LogP contribution < -0.4 is 5.32 Å². The molecule has 1 amide bonds.